The molecule has 3 aromatic carbocycles. The van der Waals surface area contributed by atoms with Crippen molar-refractivity contribution in [2.75, 3.05) is 11.5 Å². The zero-order valence-electron chi connectivity index (χ0n) is 16.5. The highest BCUT2D eigenvalue weighted by atomic mass is 32.2. The molecule has 0 atom stereocenters. The summed E-state index contributed by atoms with van der Waals surface area (Å²) in [6, 6.07) is 26.1. The van der Waals surface area contributed by atoms with Crippen LogP contribution in [0.3, 0.4) is 0 Å². The molecule has 31 heavy (non-hydrogen) atoms. The Balaban J connectivity index is 1.68. The van der Waals surface area contributed by atoms with Crippen molar-refractivity contribution in [1.29, 1.82) is 0 Å². The molecule has 1 saturated heterocycles. The first-order valence-electron chi connectivity index (χ1n) is 9.54. The number of para-hydroxylation sites is 2. The minimum Gasteiger partial charge on any atom is -0.484 e. The van der Waals surface area contributed by atoms with E-state index in [1.54, 1.807) is 29.2 Å². The lowest BCUT2D eigenvalue weighted by Crippen LogP contribution is -2.28. The van der Waals surface area contributed by atoms with E-state index < -0.39 is 5.91 Å². The molecule has 1 heterocycles. The Bertz CT molecular complexity index is 1160. The van der Waals surface area contributed by atoms with Crippen molar-refractivity contribution in [3.8, 4) is 5.75 Å². The summed E-state index contributed by atoms with van der Waals surface area (Å²) in [6.07, 6.45) is 1.79. The van der Waals surface area contributed by atoms with E-state index >= 15 is 0 Å². The summed E-state index contributed by atoms with van der Waals surface area (Å²) >= 11 is 1.31. The lowest BCUT2D eigenvalue weighted by Gasteiger charge is -2.15. The van der Waals surface area contributed by atoms with Gasteiger partial charge in [-0.1, -0.05) is 48.5 Å². The molecular weight excluding hydrogens is 410 g/mol. The quantitative estimate of drug-likeness (QED) is 0.590. The summed E-state index contributed by atoms with van der Waals surface area (Å²) in [7, 11) is 0. The molecule has 3 aromatic rings. The van der Waals surface area contributed by atoms with Crippen LogP contribution in [0.2, 0.25) is 0 Å². The molecular formula is C24H19N3O3S. The predicted octanol–water partition coefficient (Wildman–Crippen LogP) is 4.36. The Kier molecular flexibility index (Phi) is 6.14. The van der Waals surface area contributed by atoms with Gasteiger partial charge in [0.2, 0.25) is 0 Å². The average molecular weight is 430 g/mol. The zero-order chi connectivity index (χ0) is 21.6. The lowest BCUT2D eigenvalue weighted by atomic mass is 10.2. The zero-order valence-corrected chi connectivity index (χ0v) is 17.3. The van der Waals surface area contributed by atoms with Crippen LogP contribution in [0, 0.1) is 0 Å². The molecule has 7 heteroatoms. The van der Waals surface area contributed by atoms with Gasteiger partial charge in [0.15, 0.2) is 11.8 Å². The number of aliphatic imine (C=N–C) groups is 1. The van der Waals surface area contributed by atoms with Crippen LogP contribution in [-0.4, -0.2) is 23.6 Å². The molecule has 1 aliphatic rings. The van der Waals surface area contributed by atoms with Gasteiger partial charge in [-0.3, -0.25) is 14.5 Å². The van der Waals surface area contributed by atoms with Crippen molar-refractivity contribution in [3.63, 3.8) is 0 Å². The third-order valence-corrected chi connectivity index (χ3v) is 5.31. The summed E-state index contributed by atoms with van der Waals surface area (Å²) in [5.41, 5.74) is 7.42. The maximum absolute atomic E-state index is 13.3. The molecule has 0 aromatic heterocycles. The fraction of sp³-hybridized carbons (Fsp3) is 0.0417. The van der Waals surface area contributed by atoms with E-state index in [-0.39, 0.29) is 12.5 Å². The number of hydrogen-bond donors (Lipinski definition) is 1. The van der Waals surface area contributed by atoms with Crippen LogP contribution in [0.4, 0.5) is 11.4 Å². The smallest absolute Gasteiger partial charge is 0.271 e. The number of ether oxygens (including phenoxy) is 1. The third-order valence-electron chi connectivity index (χ3n) is 4.34. The topological polar surface area (TPSA) is 85.0 Å². The Morgan fingerprint density at radius 3 is 2.42 bits per heavy atom. The number of carbonyl (C=O) groups excluding carboxylic acids is 2. The molecule has 0 spiro atoms. The van der Waals surface area contributed by atoms with E-state index in [9.17, 15) is 9.59 Å². The van der Waals surface area contributed by atoms with Gasteiger partial charge in [-0.25, -0.2) is 4.99 Å². The van der Waals surface area contributed by atoms with Crippen LogP contribution < -0.4 is 15.4 Å². The van der Waals surface area contributed by atoms with Crippen molar-refractivity contribution in [2.45, 2.75) is 0 Å². The van der Waals surface area contributed by atoms with E-state index in [4.69, 9.17) is 15.5 Å². The predicted molar refractivity (Wildman–Crippen MR) is 124 cm³/mol. The summed E-state index contributed by atoms with van der Waals surface area (Å²) in [5, 5.41) is 0.579. The number of nitrogens with two attached hydrogens (primary N) is 1. The van der Waals surface area contributed by atoms with Crippen LogP contribution >= 0.6 is 11.8 Å². The Morgan fingerprint density at radius 2 is 1.71 bits per heavy atom. The minimum atomic E-state index is -0.550. The number of rotatable bonds is 6. The normalized spacial score (nSPS) is 16.1. The van der Waals surface area contributed by atoms with E-state index in [1.807, 2.05) is 66.7 Å². The van der Waals surface area contributed by atoms with Crippen LogP contribution in [0.5, 0.6) is 5.75 Å². The van der Waals surface area contributed by atoms with E-state index in [1.165, 1.54) is 11.8 Å². The van der Waals surface area contributed by atoms with Gasteiger partial charge in [0, 0.05) is 0 Å². The van der Waals surface area contributed by atoms with Crippen molar-refractivity contribution in [1.82, 2.24) is 0 Å². The number of carbonyl (C=O) groups is 2. The molecule has 1 fully saturated rings. The number of amidine groups is 1. The molecule has 0 saturated carbocycles. The number of amides is 2. The minimum absolute atomic E-state index is 0.158. The first-order valence-corrected chi connectivity index (χ1v) is 10.4. The number of hydrogen-bond acceptors (Lipinski definition) is 5. The largest absolute Gasteiger partial charge is 0.484 e. The number of anilines is 1. The highest BCUT2D eigenvalue weighted by Crippen LogP contribution is 2.37. The summed E-state index contributed by atoms with van der Waals surface area (Å²) in [6.45, 7) is -0.205. The molecule has 0 unspecified atom stereocenters. The Morgan fingerprint density at radius 1 is 1.00 bits per heavy atom. The van der Waals surface area contributed by atoms with Crippen molar-refractivity contribution >= 4 is 46.2 Å². The molecule has 154 valence electrons. The standard InChI is InChI=1S/C24H19N3O3S/c25-22(28)16-30-20-13-7-8-17(14-20)15-21-23(29)27(19-11-5-2-6-12-19)24(31-21)26-18-9-3-1-4-10-18/h1-15H,16H2,(H2,25,28)/b21-15-,26-24?. The number of benzene rings is 3. The second kappa shape index (κ2) is 9.32. The van der Waals surface area contributed by atoms with Crippen LogP contribution in [0.1, 0.15) is 5.56 Å². The second-order valence-electron chi connectivity index (χ2n) is 6.64. The highest BCUT2D eigenvalue weighted by Gasteiger charge is 2.34. The highest BCUT2D eigenvalue weighted by molar-refractivity contribution is 8.19. The maximum Gasteiger partial charge on any atom is 0.271 e. The van der Waals surface area contributed by atoms with Gasteiger partial charge in [0.25, 0.3) is 11.8 Å². The fourth-order valence-corrected chi connectivity index (χ4v) is 3.97. The fourth-order valence-electron chi connectivity index (χ4n) is 2.97. The summed E-state index contributed by atoms with van der Waals surface area (Å²) < 4.78 is 5.36. The van der Waals surface area contributed by atoms with Gasteiger partial charge in [-0.15, -0.1) is 0 Å². The molecule has 6 nitrogen and oxygen atoms in total. The average Bonchev–Trinajstić information content (AvgIpc) is 3.08. The van der Waals surface area contributed by atoms with Gasteiger partial charge in [-0.05, 0) is 59.8 Å². The van der Waals surface area contributed by atoms with Crippen molar-refractivity contribution in [3.05, 3.63) is 95.4 Å². The third kappa shape index (κ3) is 5.02. The van der Waals surface area contributed by atoms with E-state index in [2.05, 4.69) is 0 Å². The second-order valence-corrected chi connectivity index (χ2v) is 7.65. The van der Waals surface area contributed by atoms with Crippen molar-refractivity contribution < 1.29 is 14.3 Å². The maximum atomic E-state index is 13.3. The lowest BCUT2D eigenvalue weighted by molar-refractivity contribution is -0.120. The van der Waals surface area contributed by atoms with E-state index in [0.29, 0.717) is 15.8 Å². The van der Waals surface area contributed by atoms with Crippen molar-refractivity contribution in [2.24, 2.45) is 10.7 Å². The molecule has 4 rings (SSSR count). The van der Waals surface area contributed by atoms with Gasteiger partial charge in [-0.2, -0.15) is 0 Å². The van der Waals surface area contributed by atoms with Gasteiger partial charge < -0.3 is 10.5 Å². The number of nitrogens with zero attached hydrogens (tertiary/aromatic N) is 2. The van der Waals surface area contributed by atoms with Crippen LogP contribution in [-0.2, 0) is 9.59 Å². The first kappa shape index (κ1) is 20.4. The molecule has 2 N–H and O–H groups in total. The molecule has 2 amide bonds. The number of thioether (sulfide) groups is 1. The molecule has 0 aliphatic carbocycles. The Labute approximate surface area is 184 Å². The van der Waals surface area contributed by atoms with Crippen LogP contribution in [0.25, 0.3) is 6.08 Å². The van der Waals surface area contributed by atoms with Gasteiger partial charge in [0.1, 0.15) is 5.75 Å². The Hall–Kier alpha value is -3.84. The summed E-state index contributed by atoms with van der Waals surface area (Å²) in [4.78, 5) is 31.1. The molecule has 1 aliphatic heterocycles. The number of primary amides is 1. The van der Waals surface area contributed by atoms with Gasteiger partial charge >= 0.3 is 0 Å². The van der Waals surface area contributed by atoms with Crippen LogP contribution in [0.15, 0.2) is 94.8 Å². The van der Waals surface area contributed by atoms with Gasteiger partial charge in [0.05, 0.1) is 16.3 Å². The monoisotopic (exact) mass is 429 g/mol. The molecule has 0 radical (unpaired) electrons. The van der Waals surface area contributed by atoms with E-state index in [0.717, 1.165) is 16.9 Å². The SMILES string of the molecule is NC(=O)COc1cccc(/C=C2\SC(=Nc3ccccc3)N(c3ccccc3)C2=O)c1. The summed E-state index contributed by atoms with van der Waals surface area (Å²) in [5.74, 6) is -0.207. The first-order chi connectivity index (χ1) is 15.1. The molecule has 0 bridgehead atoms.